The Labute approximate surface area is 106 Å². The average Bonchev–Trinajstić information content (AvgIpc) is 2.25. The number of benzene rings is 1. The second-order valence-electron chi connectivity index (χ2n) is 3.89. The maximum atomic E-state index is 10.6. The Morgan fingerprint density at radius 2 is 2.12 bits per heavy atom. The number of carbonyl (C=O) groups excluding carboxylic acids is 1. The summed E-state index contributed by atoms with van der Waals surface area (Å²) in [5.74, 6) is -0.271. The lowest BCUT2D eigenvalue weighted by Crippen LogP contribution is -2.13. The molecule has 5 N–H and O–H groups in total. The molecule has 5 heteroatoms. The largest absolute Gasteiger partial charge is 0.389 e. The van der Waals surface area contributed by atoms with Gasteiger partial charge in [-0.25, -0.2) is 0 Å². The summed E-state index contributed by atoms with van der Waals surface area (Å²) in [6, 6.07) is 5.76. The van der Waals surface area contributed by atoms with Crippen LogP contribution in [0, 0.1) is 6.92 Å². The molecule has 0 fully saturated rings. The van der Waals surface area contributed by atoms with Crippen molar-refractivity contribution in [2.45, 2.75) is 19.8 Å². The molecular weight excluding hydrogens is 234 g/mol. The summed E-state index contributed by atoms with van der Waals surface area (Å²) in [6.07, 6.45) is 1.13. The minimum Gasteiger partial charge on any atom is -0.389 e. The lowest BCUT2D eigenvalue weighted by atomic mass is 10.1. The van der Waals surface area contributed by atoms with Crippen LogP contribution in [0.25, 0.3) is 0 Å². The zero-order valence-corrected chi connectivity index (χ0v) is 10.6. The van der Waals surface area contributed by atoms with Gasteiger partial charge < -0.3 is 16.8 Å². The number of hydrogen-bond acceptors (Lipinski definition) is 3. The Hall–Kier alpha value is -1.62. The maximum Gasteiger partial charge on any atom is 0.217 e. The van der Waals surface area contributed by atoms with E-state index in [1.54, 1.807) is 0 Å². The van der Waals surface area contributed by atoms with E-state index in [4.69, 9.17) is 23.7 Å². The molecule has 0 heterocycles. The van der Waals surface area contributed by atoms with E-state index in [1.165, 1.54) is 0 Å². The molecule has 0 spiro atoms. The van der Waals surface area contributed by atoms with Crippen LogP contribution in [-0.2, 0) is 4.79 Å². The molecule has 0 aromatic heterocycles. The van der Waals surface area contributed by atoms with E-state index in [0.29, 0.717) is 11.4 Å². The molecule has 0 aliphatic carbocycles. The highest BCUT2D eigenvalue weighted by Crippen LogP contribution is 2.16. The van der Waals surface area contributed by atoms with E-state index in [0.717, 1.165) is 29.8 Å². The van der Waals surface area contributed by atoms with Crippen molar-refractivity contribution in [2.24, 2.45) is 11.5 Å². The summed E-state index contributed by atoms with van der Waals surface area (Å²) < 4.78 is 0. The molecule has 1 rings (SSSR count). The third-order valence-electron chi connectivity index (χ3n) is 2.43. The van der Waals surface area contributed by atoms with E-state index in [2.05, 4.69) is 5.32 Å². The standard InChI is InChI=1S/C12H17N3OS/c1-8-7-9(12(14)17)4-5-10(8)15-6-2-3-11(13)16/h4-5,7,15H,2-3,6H2,1H3,(H2,13,16)(H2,14,17). The average molecular weight is 251 g/mol. The third-order valence-corrected chi connectivity index (χ3v) is 2.66. The monoisotopic (exact) mass is 251 g/mol. The van der Waals surface area contributed by atoms with E-state index in [-0.39, 0.29) is 5.91 Å². The highest BCUT2D eigenvalue weighted by atomic mass is 32.1. The van der Waals surface area contributed by atoms with Crippen LogP contribution in [0.5, 0.6) is 0 Å². The van der Waals surface area contributed by atoms with Crippen LogP contribution in [0.1, 0.15) is 24.0 Å². The van der Waals surface area contributed by atoms with Crippen molar-refractivity contribution in [1.29, 1.82) is 0 Å². The van der Waals surface area contributed by atoms with Gasteiger partial charge in [-0.15, -0.1) is 0 Å². The number of aryl methyl sites for hydroxylation is 1. The van der Waals surface area contributed by atoms with Crippen LogP contribution >= 0.6 is 12.2 Å². The van der Waals surface area contributed by atoms with Gasteiger partial charge in [-0.3, -0.25) is 4.79 Å². The SMILES string of the molecule is Cc1cc(C(N)=S)ccc1NCCCC(N)=O. The van der Waals surface area contributed by atoms with E-state index >= 15 is 0 Å². The minimum atomic E-state index is -0.271. The molecule has 0 aliphatic rings. The Morgan fingerprint density at radius 3 is 2.65 bits per heavy atom. The maximum absolute atomic E-state index is 10.6. The zero-order chi connectivity index (χ0) is 12.8. The van der Waals surface area contributed by atoms with Gasteiger partial charge in [0.2, 0.25) is 5.91 Å². The minimum absolute atomic E-state index is 0.271. The van der Waals surface area contributed by atoms with Crippen molar-refractivity contribution in [1.82, 2.24) is 0 Å². The molecular formula is C12H17N3OS. The molecule has 0 atom stereocenters. The lowest BCUT2D eigenvalue weighted by molar-refractivity contribution is -0.118. The number of amides is 1. The highest BCUT2D eigenvalue weighted by molar-refractivity contribution is 7.80. The molecule has 1 aromatic carbocycles. The van der Waals surface area contributed by atoms with Crippen molar-refractivity contribution in [3.05, 3.63) is 29.3 Å². The van der Waals surface area contributed by atoms with Gasteiger partial charge in [0.1, 0.15) is 4.99 Å². The fourth-order valence-corrected chi connectivity index (χ4v) is 1.63. The number of nitrogens with two attached hydrogens (primary N) is 2. The van der Waals surface area contributed by atoms with Crippen LogP contribution in [0.15, 0.2) is 18.2 Å². The van der Waals surface area contributed by atoms with Gasteiger partial charge in [0.05, 0.1) is 0 Å². The molecule has 1 aromatic rings. The summed E-state index contributed by atoms with van der Waals surface area (Å²) in [6.45, 7) is 2.70. The molecule has 92 valence electrons. The molecule has 0 unspecified atom stereocenters. The third kappa shape index (κ3) is 4.40. The molecule has 0 aliphatic heterocycles. The Kier molecular flexibility index (Phi) is 4.90. The van der Waals surface area contributed by atoms with E-state index in [9.17, 15) is 4.79 Å². The Balaban J connectivity index is 2.54. The summed E-state index contributed by atoms with van der Waals surface area (Å²) in [5.41, 5.74) is 13.6. The number of anilines is 1. The van der Waals surface area contributed by atoms with Crippen LogP contribution in [-0.4, -0.2) is 17.4 Å². The van der Waals surface area contributed by atoms with E-state index < -0.39 is 0 Å². The number of carbonyl (C=O) groups is 1. The van der Waals surface area contributed by atoms with Gasteiger partial charge in [-0.2, -0.15) is 0 Å². The zero-order valence-electron chi connectivity index (χ0n) is 9.82. The Morgan fingerprint density at radius 1 is 1.41 bits per heavy atom. The van der Waals surface area contributed by atoms with Gasteiger partial charge in [0.15, 0.2) is 0 Å². The smallest absolute Gasteiger partial charge is 0.217 e. The van der Waals surface area contributed by atoms with Crippen molar-refractivity contribution in [3.8, 4) is 0 Å². The van der Waals surface area contributed by atoms with Gasteiger partial charge >= 0.3 is 0 Å². The predicted molar refractivity (Wildman–Crippen MR) is 74.0 cm³/mol. The topological polar surface area (TPSA) is 81.1 Å². The van der Waals surface area contributed by atoms with Gasteiger partial charge in [-0.1, -0.05) is 12.2 Å². The first kappa shape index (κ1) is 13.4. The molecule has 17 heavy (non-hydrogen) atoms. The number of hydrogen-bond donors (Lipinski definition) is 3. The van der Waals surface area contributed by atoms with Crippen LogP contribution in [0.3, 0.4) is 0 Å². The van der Waals surface area contributed by atoms with Crippen molar-refractivity contribution in [2.75, 3.05) is 11.9 Å². The van der Waals surface area contributed by atoms with Crippen molar-refractivity contribution >= 4 is 28.8 Å². The fourth-order valence-electron chi connectivity index (χ4n) is 1.50. The first-order valence-corrected chi connectivity index (χ1v) is 5.84. The predicted octanol–water partition coefficient (Wildman–Crippen LogP) is 1.31. The number of primary amides is 1. The number of nitrogens with one attached hydrogen (secondary N) is 1. The molecule has 0 radical (unpaired) electrons. The molecule has 0 bridgehead atoms. The molecule has 0 saturated carbocycles. The number of rotatable bonds is 6. The summed E-state index contributed by atoms with van der Waals surface area (Å²) in [4.78, 5) is 11.0. The van der Waals surface area contributed by atoms with Gasteiger partial charge in [-0.05, 0) is 37.1 Å². The first-order valence-electron chi connectivity index (χ1n) is 5.43. The Bertz CT molecular complexity index is 432. The lowest BCUT2D eigenvalue weighted by Gasteiger charge is -2.10. The number of thiocarbonyl (C=S) groups is 1. The highest BCUT2D eigenvalue weighted by Gasteiger charge is 2.02. The summed E-state index contributed by atoms with van der Waals surface area (Å²) in [7, 11) is 0. The van der Waals surface area contributed by atoms with Crippen molar-refractivity contribution < 1.29 is 4.79 Å². The summed E-state index contributed by atoms with van der Waals surface area (Å²) >= 11 is 4.91. The van der Waals surface area contributed by atoms with Crippen molar-refractivity contribution in [3.63, 3.8) is 0 Å². The van der Waals surface area contributed by atoms with Gasteiger partial charge in [0, 0.05) is 24.2 Å². The van der Waals surface area contributed by atoms with Crippen LogP contribution in [0.4, 0.5) is 5.69 Å². The normalized spacial score (nSPS) is 9.94. The van der Waals surface area contributed by atoms with Crippen LogP contribution in [0.2, 0.25) is 0 Å². The van der Waals surface area contributed by atoms with E-state index in [1.807, 2.05) is 25.1 Å². The quantitative estimate of drug-likeness (QED) is 0.526. The van der Waals surface area contributed by atoms with Gasteiger partial charge in [0.25, 0.3) is 0 Å². The van der Waals surface area contributed by atoms with Crippen LogP contribution < -0.4 is 16.8 Å². The molecule has 4 nitrogen and oxygen atoms in total. The molecule has 1 amide bonds. The second kappa shape index (κ2) is 6.20. The molecule has 0 saturated heterocycles. The fraction of sp³-hybridized carbons (Fsp3) is 0.333. The summed E-state index contributed by atoms with van der Waals surface area (Å²) in [5, 5.41) is 3.24. The second-order valence-corrected chi connectivity index (χ2v) is 4.33. The first-order chi connectivity index (χ1) is 8.00.